The molecule has 0 aliphatic carbocycles. The van der Waals surface area contributed by atoms with E-state index in [4.69, 9.17) is 0 Å². The fraction of sp³-hybridized carbons (Fsp3) is 0. The molecule has 3 nitrogen and oxygen atoms in total. The maximum Gasteiger partial charge on any atom is 0.200 e. The number of pyridine rings is 1. The number of aromatic nitrogens is 1. The Morgan fingerprint density at radius 3 is 2.56 bits per heavy atom. The van der Waals surface area contributed by atoms with E-state index >= 15 is 0 Å². The number of phenols is 1. The van der Waals surface area contributed by atoms with E-state index in [9.17, 15) is 9.90 Å². The standard InChI is InChI=1S/C13H9NO2/c15-11-7-3-6-10-12(11)13(16)8-4-1-2-5-9(8)14-10/h1-7,15H,(H,14,16). The first-order valence-electron chi connectivity index (χ1n) is 5.00. The molecule has 0 aliphatic heterocycles. The summed E-state index contributed by atoms with van der Waals surface area (Å²) in [6, 6.07) is 12.3. The lowest BCUT2D eigenvalue weighted by Crippen LogP contribution is -2.03. The van der Waals surface area contributed by atoms with Crippen molar-refractivity contribution in [2.24, 2.45) is 0 Å². The smallest absolute Gasteiger partial charge is 0.200 e. The maximum absolute atomic E-state index is 12.1. The zero-order valence-electron chi connectivity index (χ0n) is 8.40. The highest BCUT2D eigenvalue weighted by Crippen LogP contribution is 2.21. The van der Waals surface area contributed by atoms with Crippen molar-refractivity contribution in [3.05, 3.63) is 52.7 Å². The van der Waals surface area contributed by atoms with Crippen molar-refractivity contribution in [1.82, 2.24) is 4.98 Å². The van der Waals surface area contributed by atoms with Crippen molar-refractivity contribution in [2.75, 3.05) is 0 Å². The van der Waals surface area contributed by atoms with E-state index < -0.39 is 0 Å². The molecule has 0 unspecified atom stereocenters. The van der Waals surface area contributed by atoms with Crippen LogP contribution in [-0.2, 0) is 0 Å². The van der Waals surface area contributed by atoms with Gasteiger partial charge in [0.25, 0.3) is 0 Å². The first-order valence-corrected chi connectivity index (χ1v) is 5.00. The Bertz CT molecular complexity index is 744. The number of para-hydroxylation sites is 1. The lowest BCUT2D eigenvalue weighted by atomic mass is 10.1. The molecule has 2 N–H and O–H groups in total. The predicted octanol–water partition coefficient (Wildman–Crippen LogP) is 2.39. The second-order valence-corrected chi connectivity index (χ2v) is 3.70. The van der Waals surface area contributed by atoms with Gasteiger partial charge in [0.1, 0.15) is 5.75 Å². The SMILES string of the molecule is O=c1c2ccccc2[nH]c2cccc(O)c12. The lowest BCUT2D eigenvalue weighted by Gasteiger charge is -2.03. The molecule has 3 aromatic rings. The van der Waals surface area contributed by atoms with Gasteiger partial charge >= 0.3 is 0 Å². The summed E-state index contributed by atoms with van der Waals surface area (Å²) in [6.07, 6.45) is 0. The van der Waals surface area contributed by atoms with Crippen LogP contribution in [0.15, 0.2) is 47.3 Å². The van der Waals surface area contributed by atoms with Crippen LogP contribution < -0.4 is 5.43 Å². The number of phenolic OH excluding ortho intramolecular Hbond substituents is 1. The van der Waals surface area contributed by atoms with Crippen molar-refractivity contribution in [3.8, 4) is 5.75 Å². The molecule has 0 spiro atoms. The summed E-state index contributed by atoms with van der Waals surface area (Å²) < 4.78 is 0. The molecule has 0 saturated carbocycles. The van der Waals surface area contributed by atoms with Gasteiger partial charge in [0.2, 0.25) is 5.43 Å². The molecule has 0 atom stereocenters. The monoisotopic (exact) mass is 211 g/mol. The Labute approximate surface area is 91.0 Å². The average molecular weight is 211 g/mol. The van der Waals surface area contributed by atoms with Gasteiger partial charge in [-0.15, -0.1) is 0 Å². The lowest BCUT2D eigenvalue weighted by molar-refractivity contribution is 0.481. The Morgan fingerprint density at radius 2 is 1.69 bits per heavy atom. The Kier molecular flexibility index (Phi) is 1.74. The number of hydrogen-bond acceptors (Lipinski definition) is 2. The number of fused-ring (bicyclic) bond motifs is 2. The molecule has 0 saturated heterocycles. The fourth-order valence-electron chi connectivity index (χ4n) is 1.95. The van der Waals surface area contributed by atoms with Crippen molar-refractivity contribution < 1.29 is 5.11 Å². The summed E-state index contributed by atoms with van der Waals surface area (Å²) in [5, 5.41) is 10.6. The van der Waals surface area contributed by atoms with Gasteiger partial charge < -0.3 is 10.1 Å². The fourth-order valence-corrected chi connectivity index (χ4v) is 1.95. The molecule has 3 rings (SSSR count). The number of hydrogen-bond donors (Lipinski definition) is 2. The van der Waals surface area contributed by atoms with E-state index in [2.05, 4.69) is 4.98 Å². The van der Waals surface area contributed by atoms with Crippen LogP contribution in [0.2, 0.25) is 0 Å². The van der Waals surface area contributed by atoms with Crippen molar-refractivity contribution in [1.29, 1.82) is 0 Å². The van der Waals surface area contributed by atoms with Crippen LogP contribution in [0, 0.1) is 0 Å². The summed E-state index contributed by atoms with van der Waals surface area (Å²) in [6.45, 7) is 0. The highest BCUT2D eigenvalue weighted by molar-refractivity contribution is 5.95. The second-order valence-electron chi connectivity index (χ2n) is 3.70. The Morgan fingerprint density at radius 1 is 0.938 bits per heavy atom. The van der Waals surface area contributed by atoms with E-state index in [0.717, 1.165) is 5.52 Å². The normalized spacial score (nSPS) is 11.0. The summed E-state index contributed by atoms with van der Waals surface area (Å²) in [4.78, 5) is 15.3. The number of benzene rings is 2. The summed E-state index contributed by atoms with van der Waals surface area (Å²) in [5.74, 6) is 0.0181. The highest BCUT2D eigenvalue weighted by atomic mass is 16.3. The van der Waals surface area contributed by atoms with Crippen molar-refractivity contribution in [3.63, 3.8) is 0 Å². The van der Waals surface area contributed by atoms with Crippen LogP contribution in [0.25, 0.3) is 21.8 Å². The van der Waals surface area contributed by atoms with Crippen molar-refractivity contribution >= 4 is 21.8 Å². The van der Waals surface area contributed by atoms with Crippen LogP contribution in [0.4, 0.5) is 0 Å². The summed E-state index contributed by atoms with van der Waals surface area (Å²) in [5.41, 5.74) is 1.30. The van der Waals surface area contributed by atoms with E-state index in [1.54, 1.807) is 18.2 Å². The molecule has 1 heterocycles. The van der Waals surface area contributed by atoms with Gasteiger partial charge in [-0.25, -0.2) is 0 Å². The molecule has 0 radical (unpaired) electrons. The van der Waals surface area contributed by atoms with Crippen LogP contribution in [0.1, 0.15) is 0 Å². The largest absolute Gasteiger partial charge is 0.507 e. The number of nitrogens with one attached hydrogen (secondary N) is 1. The molecule has 0 bridgehead atoms. The minimum Gasteiger partial charge on any atom is -0.507 e. The molecule has 78 valence electrons. The molecular formula is C13H9NO2. The molecule has 16 heavy (non-hydrogen) atoms. The van der Waals surface area contributed by atoms with E-state index in [-0.39, 0.29) is 11.2 Å². The second kappa shape index (κ2) is 3.10. The topological polar surface area (TPSA) is 53.1 Å². The molecule has 0 fully saturated rings. The van der Waals surface area contributed by atoms with Gasteiger partial charge in [-0.05, 0) is 24.3 Å². The molecule has 3 heteroatoms. The third kappa shape index (κ3) is 1.11. The van der Waals surface area contributed by atoms with Gasteiger partial charge in [0.05, 0.1) is 10.9 Å². The van der Waals surface area contributed by atoms with Gasteiger partial charge in [0.15, 0.2) is 0 Å². The maximum atomic E-state index is 12.1. The summed E-state index contributed by atoms with van der Waals surface area (Å²) in [7, 11) is 0. The van der Waals surface area contributed by atoms with Gasteiger partial charge in [0, 0.05) is 10.9 Å². The number of aromatic hydroxyl groups is 1. The quantitative estimate of drug-likeness (QED) is 0.561. The van der Waals surface area contributed by atoms with Crippen molar-refractivity contribution in [2.45, 2.75) is 0 Å². The molecular weight excluding hydrogens is 202 g/mol. The third-order valence-electron chi connectivity index (χ3n) is 2.71. The molecule has 2 aromatic carbocycles. The molecule has 0 aliphatic rings. The summed E-state index contributed by atoms with van der Waals surface area (Å²) >= 11 is 0. The number of rotatable bonds is 0. The van der Waals surface area contributed by atoms with Gasteiger partial charge in [-0.3, -0.25) is 4.79 Å². The first kappa shape index (κ1) is 8.97. The van der Waals surface area contributed by atoms with Crippen LogP contribution in [0.5, 0.6) is 5.75 Å². The Hall–Kier alpha value is -2.29. The Balaban J connectivity index is 2.67. The van der Waals surface area contributed by atoms with Crippen LogP contribution in [-0.4, -0.2) is 10.1 Å². The van der Waals surface area contributed by atoms with E-state index in [1.165, 1.54) is 6.07 Å². The van der Waals surface area contributed by atoms with Gasteiger partial charge in [-0.1, -0.05) is 18.2 Å². The van der Waals surface area contributed by atoms with Crippen LogP contribution in [0.3, 0.4) is 0 Å². The predicted molar refractivity (Wildman–Crippen MR) is 63.7 cm³/mol. The number of aromatic amines is 1. The minimum atomic E-state index is -0.137. The molecule has 1 aromatic heterocycles. The number of H-pyrrole nitrogens is 1. The first-order chi connectivity index (χ1) is 7.77. The minimum absolute atomic E-state index is 0.0181. The highest BCUT2D eigenvalue weighted by Gasteiger charge is 2.07. The van der Waals surface area contributed by atoms with E-state index in [1.807, 2.05) is 18.2 Å². The molecule has 0 amide bonds. The van der Waals surface area contributed by atoms with E-state index in [0.29, 0.717) is 16.3 Å². The average Bonchev–Trinajstić information content (AvgIpc) is 2.29. The van der Waals surface area contributed by atoms with Crippen LogP contribution >= 0.6 is 0 Å². The van der Waals surface area contributed by atoms with Gasteiger partial charge in [-0.2, -0.15) is 0 Å². The zero-order valence-corrected chi connectivity index (χ0v) is 8.40. The third-order valence-corrected chi connectivity index (χ3v) is 2.71. The zero-order chi connectivity index (χ0) is 11.1.